The van der Waals surface area contributed by atoms with Crippen LogP contribution < -0.4 is 10.6 Å². The molecule has 0 unspecified atom stereocenters. The van der Waals surface area contributed by atoms with E-state index < -0.39 is 0 Å². The Labute approximate surface area is 167 Å². The van der Waals surface area contributed by atoms with E-state index in [1.165, 1.54) is 0 Å². The number of aliphatic hydroxyl groups excluding tert-OH is 1. The lowest BCUT2D eigenvalue weighted by atomic mass is 10.1. The standard InChI is InChI=1S/C20H17ClN2O3S/c21-15-6-4-13(5-7-15)10-19(25)23-20(27)22-16-3-1-2-14(11-16)18-9-8-17(12-24)26-18/h1-9,11,24H,10,12H2,(H2,22,23,25,27). The van der Waals surface area contributed by atoms with Gasteiger partial charge < -0.3 is 20.2 Å². The van der Waals surface area contributed by atoms with Gasteiger partial charge in [-0.1, -0.05) is 35.9 Å². The molecule has 3 N–H and O–H groups in total. The van der Waals surface area contributed by atoms with Crippen LogP contribution in [0.5, 0.6) is 0 Å². The number of hydrogen-bond acceptors (Lipinski definition) is 4. The van der Waals surface area contributed by atoms with Gasteiger partial charge in [-0.05, 0) is 54.2 Å². The number of benzene rings is 2. The van der Waals surface area contributed by atoms with Crippen LogP contribution in [0.15, 0.2) is 65.1 Å². The molecule has 1 amide bonds. The van der Waals surface area contributed by atoms with Gasteiger partial charge in [-0.3, -0.25) is 4.79 Å². The van der Waals surface area contributed by atoms with E-state index in [1.807, 2.05) is 24.3 Å². The summed E-state index contributed by atoms with van der Waals surface area (Å²) in [4.78, 5) is 12.1. The van der Waals surface area contributed by atoms with E-state index in [1.54, 1.807) is 36.4 Å². The molecule has 0 saturated heterocycles. The zero-order valence-electron chi connectivity index (χ0n) is 14.2. The quantitative estimate of drug-likeness (QED) is 0.561. The first-order valence-electron chi connectivity index (χ1n) is 8.19. The number of carbonyl (C=O) groups is 1. The van der Waals surface area contributed by atoms with Crippen molar-refractivity contribution in [3.63, 3.8) is 0 Å². The van der Waals surface area contributed by atoms with Gasteiger partial charge in [-0.2, -0.15) is 0 Å². The number of halogens is 1. The lowest BCUT2D eigenvalue weighted by Gasteiger charge is -2.10. The molecule has 27 heavy (non-hydrogen) atoms. The van der Waals surface area contributed by atoms with E-state index >= 15 is 0 Å². The van der Waals surface area contributed by atoms with Gasteiger partial charge in [0, 0.05) is 16.3 Å². The monoisotopic (exact) mass is 400 g/mol. The fourth-order valence-electron chi connectivity index (χ4n) is 2.49. The first-order valence-corrected chi connectivity index (χ1v) is 8.97. The number of aliphatic hydroxyl groups is 1. The molecule has 0 aliphatic heterocycles. The number of nitrogens with one attached hydrogen (secondary N) is 2. The maximum absolute atomic E-state index is 12.1. The molecule has 3 aromatic rings. The van der Waals surface area contributed by atoms with E-state index in [0.29, 0.717) is 22.2 Å². The molecule has 0 saturated carbocycles. The minimum Gasteiger partial charge on any atom is -0.459 e. The fraction of sp³-hybridized carbons (Fsp3) is 0.100. The van der Waals surface area contributed by atoms with Crippen LogP contribution in [0.4, 0.5) is 5.69 Å². The van der Waals surface area contributed by atoms with Crippen LogP contribution in [-0.4, -0.2) is 16.1 Å². The fourth-order valence-corrected chi connectivity index (χ4v) is 2.85. The Hall–Kier alpha value is -2.67. The first-order chi connectivity index (χ1) is 13.0. The second-order valence-electron chi connectivity index (χ2n) is 5.81. The lowest BCUT2D eigenvalue weighted by molar-refractivity contribution is -0.119. The predicted octanol–water partition coefficient (Wildman–Crippen LogP) is 4.15. The van der Waals surface area contributed by atoms with Crippen LogP contribution in [0.3, 0.4) is 0 Å². The predicted molar refractivity (Wildman–Crippen MR) is 110 cm³/mol. The maximum Gasteiger partial charge on any atom is 0.230 e. The number of carbonyl (C=O) groups excluding carboxylic acids is 1. The number of thiocarbonyl (C=S) groups is 1. The topological polar surface area (TPSA) is 74.5 Å². The summed E-state index contributed by atoms with van der Waals surface area (Å²) in [7, 11) is 0. The lowest BCUT2D eigenvalue weighted by Crippen LogP contribution is -2.35. The van der Waals surface area contributed by atoms with Gasteiger partial charge >= 0.3 is 0 Å². The third-order valence-corrected chi connectivity index (χ3v) is 4.21. The normalized spacial score (nSPS) is 10.4. The van der Waals surface area contributed by atoms with Crippen LogP contribution in [0.2, 0.25) is 5.02 Å². The molecule has 7 heteroatoms. The summed E-state index contributed by atoms with van der Waals surface area (Å²) in [5.74, 6) is 0.915. The molecule has 138 valence electrons. The molecule has 5 nitrogen and oxygen atoms in total. The highest BCUT2D eigenvalue weighted by molar-refractivity contribution is 7.80. The van der Waals surface area contributed by atoms with Crippen molar-refractivity contribution in [3.05, 3.63) is 77.0 Å². The van der Waals surface area contributed by atoms with Crippen molar-refractivity contribution in [2.45, 2.75) is 13.0 Å². The van der Waals surface area contributed by atoms with Gasteiger partial charge in [-0.15, -0.1) is 0 Å². The van der Waals surface area contributed by atoms with E-state index in [4.69, 9.17) is 33.3 Å². The van der Waals surface area contributed by atoms with Crippen molar-refractivity contribution >= 4 is 40.5 Å². The van der Waals surface area contributed by atoms with Gasteiger partial charge in [0.15, 0.2) is 5.11 Å². The SMILES string of the molecule is O=C(Cc1ccc(Cl)cc1)NC(=S)Nc1cccc(-c2ccc(CO)o2)c1. The summed E-state index contributed by atoms with van der Waals surface area (Å²) in [5.41, 5.74) is 2.39. The van der Waals surface area contributed by atoms with Gasteiger partial charge in [-0.25, -0.2) is 0 Å². The molecule has 0 atom stereocenters. The Morgan fingerprint density at radius 1 is 1.11 bits per heavy atom. The number of hydrogen-bond donors (Lipinski definition) is 3. The van der Waals surface area contributed by atoms with Gasteiger partial charge in [0.05, 0.1) is 6.42 Å². The summed E-state index contributed by atoms with van der Waals surface area (Å²) < 4.78 is 5.53. The average molecular weight is 401 g/mol. The second-order valence-corrected chi connectivity index (χ2v) is 6.66. The van der Waals surface area contributed by atoms with Crippen molar-refractivity contribution in [1.29, 1.82) is 0 Å². The second kappa shape index (κ2) is 8.81. The highest BCUT2D eigenvalue weighted by Gasteiger charge is 2.08. The Morgan fingerprint density at radius 3 is 2.59 bits per heavy atom. The van der Waals surface area contributed by atoms with E-state index in [9.17, 15) is 4.79 Å². The molecule has 0 bridgehead atoms. The van der Waals surface area contributed by atoms with E-state index in [0.717, 1.165) is 11.1 Å². The van der Waals surface area contributed by atoms with E-state index in [2.05, 4.69) is 10.6 Å². The molecule has 0 fully saturated rings. The third kappa shape index (κ3) is 5.40. The Morgan fingerprint density at radius 2 is 1.89 bits per heavy atom. The average Bonchev–Trinajstić information content (AvgIpc) is 3.13. The molecular formula is C20H17ClN2O3S. The van der Waals surface area contributed by atoms with E-state index in [-0.39, 0.29) is 24.0 Å². The molecule has 0 aliphatic carbocycles. The van der Waals surface area contributed by atoms with Crippen molar-refractivity contribution in [2.75, 3.05) is 5.32 Å². The van der Waals surface area contributed by atoms with Crippen LogP contribution in [0.1, 0.15) is 11.3 Å². The van der Waals surface area contributed by atoms with Crippen molar-refractivity contribution in [3.8, 4) is 11.3 Å². The van der Waals surface area contributed by atoms with Crippen molar-refractivity contribution < 1.29 is 14.3 Å². The highest BCUT2D eigenvalue weighted by atomic mass is 35.5. The Kier molecular flexibility index (Phi) is 6.24. The minimum absolute atomic E-state index is 0.151. The van der Waals surface area contributed by atoms with Crippen LogP contribution in [0.25, 0.3) is 11.3 Å². The minimum atomic E-state index is -0.218. The van der Waals surface area contributed by atoms with Crippen molar-refractivity contribution in [1.82, 2.24) is 5.32 Å². The molecular weight excluding hydrogens is 384 g/mol. The molecule has 0 radical (unpaired) electrons. The summed E-state index contributed by atoms with van der Waals surface area (Å²) in [6.45, 7) is -0.151. The summed E-state index contributed by atoms with van der Waals surface area (Å²) in [5, 5.41) is 15.6. The highest BCUT2D eigenvalue weighted by Crippen LogP contribution is 2.24. The maximum atomic E-state index is 12.1. The molecule has 0 aliphatic rings. The third-order valence-electron chi connectivity index (χ3n) is 3.75. The molecule has 1 heterocycles. The molecule has 0 spiro atoms. The smallest absolute Gasteiger partial charge is 0.230 e. The number of furan rings is 1. The van der Waals surface area contributed by atoms with Gasteiger partial charge in [0.25, 0.3) is 0 Å². The van der Waals surface area contributed by atoms with Crippen molar-refractivity contribution in [2.24, 2.45) is 0 Å². The summed E-state index contributed by atoms with van der Waals surface area (Å²) in [6.07, 6.45) is 0.204. The van der Waals surface area contributed by atoms with Gasteiger partial charge in [0.1, 0.15) is 18.1 Å². The summed E-state index contributed by atoms with van der Waals surface area (Å²) in [6, 6.07) is 18.0. The molecule has 2 aromatic carbocycles. The number of anilines is 1. The first kappa shape index (κ1) is 19.1. The van der Waals surface area contributed by atoms with Crippen LogP contribution >= 0.6 is 23.8 Å². The number of rotatable bonds is 5. The summed E-state index contributed by atoms with van der Waals surface area (Å²) >= 11 is 11.1. The Balaban J connectivity index is 1.59. The number of amides is 1. The molecule has 1 aromatic heterocycles. The zero-order chi connectivity index (χ0) is 19.2. The van der Waals surface area contributed by atoms with Crippen LogP contribution in [-0.2, 0) is 17.8 Å². The van der Waals surface area contributed by atoms with Gasteiger partial charge in [0.2, 0.25) is 5.91 Å². The Bertz CT molecular complexity index is 954. The van der Waals surface area contributed by atoms with Crippen LogP contribution in [0, 0.1) is 0 Å². The molecule has 3 rings (SSSR count). The largest absolute Gasteiger partial charge is 0.459 e. The zero-order valence-corrected chi connectivity index (χ0v) is 15.8.